The minimum absolute atomic E-state index is 0.613. The van der Waals surface area contributed by atoms with Gasteiger partial charge in [0.15, 0.2) is 17.5 Å². The second-order valence-corrected chi connectivity index (χ2v) is 15.9. The molecule has 10 aromatic carbocycles. The van der Waals surface area contributed by atoms with Crippen LogP contribution in [0.3, 0.4) is 0 Å². The smallest absolute Gasteiger partial charge is 0.164 e. The molecule has 288 valence electrons. The van der Waals surface area contributed by atoms with E-state index in [0.717, 1.165) is 50.0 Å². The molecule has 0 atom stereocenters. The molecule has 0 fully saturated rings. The molecule has 0 amide bonds. The Morgan fingerprint density at radius 2 is 0.677 bits per heavy atom. The van der Waals surface area contributed by atoms with Crippen LogP contribution in [0, 0.1) is 0 Å². The number of hydrogen-bond acceptors (Lipinski definition) is 3. The molecule has 13 rings (SSSR count). The van der Waals surface area contributed by atoms with Crippen LogP contribution in [0.15, 0.2) is 212 Å². The maximum absolute atomic E-state index is 5.29. The fourth-order valence-electron chi connectivity index (χ4n) is 9.85. The largest absolute Gasteiger partial charge is 0.307 e. The lowest BCUT2D eigenvalue weighted by Gasteiger charge is -2.19. The standard InChI is InChI=1S/C57H35N5/c1-4-18-36(19-5-1)55-58-56(37-20-6-2-7-21-37)60-57(59-55)38-34-48-42-26-11-10-24-40(42)41-25-12-13-29-45(41)52(48)51(35-38)62-50-31-17-15-28-44(50)47-33-32-46-43-27-14-16-30-49(43)61(53(46)54(47)62)39-22-8-3-9-23-39/h1-35H. The second kappa shape index (κ2) is 13.6. The van der Waals surface area contributed by atoms with Crippen LogP contribution in [-0.4, -0.2) is 24.1 Å². The van der Waals surface area contributed by atoms with Gasteiger partial charge >= 0.3 is 0 Å². The van der Waals surface area contributed by atoms with Crippen LogP contribution < -0.4 is 0 Å². The maximum Gasteiger partial charge on any atom is 0.164 e. The molecular formula is C57H35N5. The summed E-state index contributed by atoms with van der Waals surface area (Å²) in [4.78, 5) is 15.7. The van der Waals surface area contributed by atoms with Gasteiger partial charge in [0.1, 0.15) is 0 Å². The molecule has 3 aromatic heterocycles. The summed E-state index contributed by atoms with van der Waals surface area (Å²) in [6.07, 6.45) is 0. The normalized spacial score (nSPS) is 11.9. The second-order valence-electron chi connectivity index (χ2n) is 15.9. The summed E-state index contributed by atoms with van der Waals surface area (Å²) in [6, 6.07) is 75.7. The Morgan fingerprint density at radius 3 is 1.24 bits per heavy atom. The molecule has 0 N–H and O–H groups in total. The fraction of sp³-hybridized carbons (Fsp3) is 0. The molecule has 5 heteroatoms. The van der Waals surface area contributed by atoms with Crippen molar-refractivity contribution in [2.45, 2.75) is 0 Å². The number of nitrogens with zero attached hydrogens (tertiary/aromatic N) is 5. The molecule has 0 spiro atoms. The van der Waals surface area contributed by atoms with Crippen molar-refractivity contribution >= 4 is 75.9 Å². The summed E-state index contributed by atoms with van der Waals surface area (Å²) in [6.45, 7) is 0. The first-order valence-electron chi connectivity index (χ1n) is 21.0. The average Bonchev–Trinajstić information content (AvgIpc) is 3.87. The minimum atomic E-state index is 0.613. The molecule has 0 saturated carbocycles. The van der Waals surface area contributed by atoms with Gasteiger partial charge in [-0.1, -0.05) is 176 Å². The molecule has 3 heterocycles. The van der Waals surface area contributed by atoms with Gasteiger partial charge in [0.05, 0.1) is 27.8 Å². The third kappa shape index (κ3) is 5.12. The molecule has 0 radical (unpaired) electrons. The van der Waals surface area contributed by atoms with Crippen LogP contribution in [0.1, 0.15) is 0 Å². The van der Waals surface area contributed by atoms with Crippen LogP contribution in [0.2, 0.25) is 0 Å². The van der Waals surface area contributed by atoms with Gasteiger partial charge in [0.2, 0.25) is 0 Å². The number of fused-ring (bicyclic) bond motifs is 13. The number of aromatic nitrogens is 5. The highest BCUT2D eigenvalue weighted by Gasteiger charge is 2.24. The van der Waals surface area contributed by atoms with E-state index in [-0.39, 0.29) is 0 Å². The van der Waals surface area contributed by atoms with E-state index in [1.807, 2.05) is 36.4 Å². The molecule has 0 bridgehead atoms. The molecule has 0 aliphatic heterocycles. The van der Waals surface area contributed by atoms with E-state index in [9.17, 15) is 0 Å². The van der Waals surface area contributed by atoms with Crippen molar-refractivity contribution in [1.29, 1.82) is 0 Å². The molecule has 0 saturated heterocycles. The van der Waals surface area contributed by atoms with Gasteiger partial charge in [-0.3, -0.25) is 0 Å². The van der Waals surface area contributed by atoms with E-state index < -0.39 is 0 Å². The van der Waals surface area contributed by atoms with Crippen LogP contribution in [-0.2, 0) is 0 Å². The quantitative estimate of drug-likeness (QED) is 0.163. The monoisotopic (exact) mass is 789 g/mol. The van der Waals surface area contributed by atoms with E-state index in [0.29, 0.717) is 17.5 Å². The van der Waals surface area contributed by atoms with Crippen LogP contribution in [0.5, 0.6) is 0 Å². The summed E-state index contributed by atoms with van der Waals surface area (Å²) in [7, 11) is 0. The molecule has 0 aliphatic carbocycles. The molecule has 0 unspecified atom stereocenters. The van der Waals surface area contributed by atoms with Gasteiger partial charge in [-0.2, -0.15) is 0 Å². The maximum atomic E-state index is 5.29. The summed E-state index contributed by atoms with van der Waals surface area (Å²) in [5.74, 6) is 1.87. The zero-order chi connectivity index (χ0) is 40.7. The Morgan fingerprint density at radius 1 is 0.274 bits per heavy atom. The molecular weight excluding hydrogens is 755 g/mol. The van der Waals surface area contributed by atoms with Gasteiger partial charge < -0.3 is 9.13 Å². The lowest BCUT2D eigenvalue weighted by atomic mass is 9.91. The van der Waals surface area contributed by atoms with Gasteiger partial charge in [-0.05, 0) is 63.3 Å². The zero-order valence-corrected chi connectivity index (χ0v) is 33.4. The Kier molecular flexibility index (Phi) is 7.54. The first-order chi connectivity index (χ1) is 30.8. The van der Waals surface area contributed by atoms with Crippen molar-refractivity contribution in [1.82, 2.24) is 24.1 Å². The van der Waals surface area contributed by atoms with Crippen molar-refractivity contribution < 1.29 is 0 Å². The molecule has 0 aliphatic rings. The average molecular weight is 790 g/mol. The van der Waals surface area contributed by atoms with Crippen LogP contribution in [0.4, 0.5) is 0 Å². The lowest BCUT2D eigenvalue weighted by molar-refractivity contribution is 1.07. The topological polar surface area (TPSA) is 48.5 Å². The van der Waals surface area contributed by atoms with E-state index in [4.69, 9.17) is 15.0 Å². The fourth-order valence-corrected chi connectivity index (χ4v) is 9.85. The summed E-state index contributed by atoms with van der Waals surface area (Å²) >= 11 is 0. The lowest BCUT2D eigenvalue weighted by Crippen LogP contribution is -2.03. The highest BCUT2D eigenvalue weighted by Crippen LogP contribution is 2.46. The summed E-state index contributed by atoms with van der Waals surface area (Å²) in [5.41, 5.74) is 9.55. The van der Waals surface area contributed by atoms with E-state index in [1.54, 1.807) is 0 Å². The number of benzene rings is 10. The van der Waals surface area contributed by atoms with Crippen LogP contribution >= 0.6 is 0 Å². The van der Waals surface area contributed by atoms with Gasteiger partial charge in [0.25, 0.3) is 0 Å². The van der Waals surface area contributed by atoms with Gasteiger partial charge in [-0.15, -0.1) is 0 Å². The van der Waals surface area contributed by atoms with Crippen molar-refractivity contribution in [3.63, 3.8) is 0 Å². The van der Waals surface area contributed by atoms with Crippen molar-refractivity contribution in [2.75, 3.05) is 0 Å². The number of hydrogen-bond donors (Lipinski definition) is 0. The Balaban J connectivity index is 1.25. The molecule has 5 nitrogen and oxygen atoms in total. The number of para-hydroxylation sites is 3. The highest BCUT2D eigenvalue weighted by molar-refractivity contribution is 6.30. The molecule has 13 aromatic rings. The van der Waals surface area contributed by atoms with Crippen molar-refractivity contribution in [3.05, 3.63) is 212 Å². The third-order valence-electron chi connectivity index (χ3n) is 12.5. The predicted octanol–water partition coefficient (Wildman–Crippen LogP) is 14.5. The van der Waals surface area contributed by atoms with E-state index in [1.165, 1.54) is 54.0 Å². The number of rotatable bonds is 5. The SMILES string of the molecule is c1ccc(-c2nc(-c3ccccc3)nc(-c3cc(-n4c5ccccc5c5ccc6c7ccccc7n(-c7ccccc7)c6c54)c4c5ccccc5c5ccccc5c4c3)n2)cc1. The molecule has 62 heavy (non-hydrogen) atoms. The first-order valence-corrected chi connectivity index (χ1v) is 21.0. The predicted molar refractivity (Wildman–Crippen MR) is 257 cm³/mol. The highest BCUT2D eigenvalue weighted by atomic mass is 15.1. The summed E-state index contributed by atoms with van der Waals surface area (Å²) in [5, 5.41) is 11.9. The van der Waals surface area contributed by atoms with Crippen LogP contribution in [0.25, 0.3) is 121 Å². The third-order valence-corrected chi connectivity index (χ3v) is 12.5. The van der Waals surface area contributed by atoms with Crippen molar-refractivity contribution in [2.24, 2.45) is 0 Å². The Bertz CT molecular complexity index is 3850. The van der Waals surface area contributed by atoms with E-state index >= 15 is 0 Å². The van der Waals surface area contributed by atoms with Gasteiger partial charge in [0, 0.05) is 49.3 Å². The zero-order valence-electron chi connectivity index (χ0n) is 33.4. The van der Waals surface area contributed by atoms with E-state index in [2.05, 4.69) is 185 Å². The van der Waals surface area contributed by atoms with Crippen molar-refractivity contribution in [3.8, 4) is 45.5 Å². The Hall–Kier alpha value is -8.41. The Labute approximate surface area is 356 Å². The van der Waals surface area contributed by atoms with Gasteiger partial charge in [-0.25, -0.2) is 15.0 Å². The minimum Gasteiger partial charge on any atom is -0.307 e. The summed E-state index contributed by atoms with van der Waals surface area (Å²) < 4.78 is 4.97. The first kappa shape index (κ1) is 34.5.